The fraction of sp³-hybridized carbons (Fsp3) is 0.467. The van der Waals surface area contributed by atoms with Crippen LogP contribution >= 0.6 is 0 Å². The van der Waals surface area contributed by atoms with Gasteiger partial charge in [0.15, 0.2) is 27.3 Å². The molecule has 0 radical (unpaired) electrons. The maximum atomic E-state index is 15.3. The molecule has 42 heavy (non-hydrogen) atoms. The number of carbonyl (C=O) groups is 3. The number of piperidine rings is 1. The minimum atomic E-state index is -3.83. The second-order valence-electron chi connectivity index (χ2n) is 12.0. The lowest BCUT2D eigenvalue weighted by Gasteiger charge is -2.36. The highest BCUT2D eigenvalue weighted by Gasteiger charge is 2.52. The SMILES string of the molecule is CC(C)(C)OC(=O)N1[C@@H]2CC[C@@H](C2)[C@H]1C(=O)C[C@@H](Cc1ccc(-c2ccc(C#N)c(S(C)(=O)=O)c2)c(F)c1F)C(N)=O. The number of nitrogens with two attached hydrogens (primary N) is 1. The molecule has 12 heteroatoms. The Balaban J connectivity index is 1.57. The monoisotopic (exact) mass is 601 g/mol. The van der Waals surface area contributed by atoms with E-state index in [4.69, 9.17) is 10.5 Å². The first kappa shape index (κ1) is 31.1. The summed E-state index contributed by atoms with van der Waals surface area (Å²) in [5, 5.41) is 9.22. The number of fused-ring (bicyclic) bond motifs is 2. The summed E-state index contributed by atoms with van der Waals surface area (Å²) in [5.41, 5.74) is 4.29. The van der Waals surface area contributed by atoms with E-state index < -0.39 is 51.0 Å². The molecule has 2 amide bonds. The van der Waals surface area contributed by atoms with Crippen molar-refractivity contribution in [2.45, 2.75) is 75.5 Å². The normalized spacial score (nSPS) is 20.7. The van der Waals surface area contributed by atoms with Crippen LogP contribution in [0.15, 0.2) is 35.2 Å². The zero-order chi connectivity index (χ0) is 31.1. The molecular formula is C30H33F2N3O6S. The van der Waals surface area contributed by atoms with Gasteiger partial charge >= 0.3 is 6.09 Å². The molecule has 1 saturated heterocycles. The molecule has 1 aliphatic heterocycles. The van der Waals surface area contributed by atoms with Crippen LogP contribution in [-0.2, 0) is 30.6 Å². The summed E-state index contributed by atoms with van der Waals surface area (Å²) in [6.07, 6.45) is 1.72. The van der Waals surface area contributed by atoms with Crippen LogP contribution in [0.4, 0.5) is 13.6 Å². The summed E-state index contributed by atoms with van der Waals surface area (Å²) in [5.74, 6) is -5.06. The number of halogens is 2. The van der Waals surface area contributed by atoms with E-state index in [1.165, 1.54) is 29.2 Å². The maximum Gasteiger partial charge on any atom is 0.411 e. The Hall–Kier alpha value is -3.85. The van der Waals surface area contributed by atoms with Crippen LogP contribution in [0.25, 0.3) is 11.1 Å². The molecule has 1 saturated carbocycles. The fourth-order valence-electron chi connectivity index (χ4n) is 5.94. The highest BCUT2D eigenvalue weighted by molar-refractivity contribution is 7.90. The zero-order valence-corrected chi connectivity index (χ0v) is 24.6. The minimum absolute atomic E-state index is 0.0394. The van der Waals surface area contributed by atoms with Gasteiger partial charge in [-0.25, -0.2) is 22.0 Å². The molecule has 2 aromatic carbocycles. The standard InChI is InChI=1S/C30H33F2N3O6S/c1-30(2,3)41-29(38)35-21-9-7-18(12-21)27(35)23(36)13-20(28(34)37)11-17-8-10-22(26(32)25(17)31)16-5-6-19(15-33)24(14-16)42(4,39)40/h5-6,8,10,14,18,20-21,27H,7,9,11-13H2,1-4H3,(H2,34,37)/t18-,20+,21+,27-/m0/s1. The summed E-state index contributed by atoms with van der Waals surface area (Å²) < 4.78 is 60.3. The van der Waals surface area contributed by atoms with Crippen molar-refractivity contribution < 1.29 is 36.3 Å². The molecule has 0 spiro atoms. The van der Waals surface area contributed by atoms with Crippen LogP contribution in [0.3, 0.4) is 0 Å². The van der Waals surface area contributed by atoms with E-state index in [1.54, 1.807) is 26.8 Å². The van der Waals surface area contributed by atoms with Crippen LogP contribution < -0.4 is 5.73 Å². The molecule has 9 nitrogen and oxygen atoms in total. The molecule has 2 fully saturated rings. The van der Waals surface area contributed by atoms with Gasteiger partial charge in [0.05, 0.1) is 16.5 Å². The van der Waals surface area contributed by atoms with Crippen molar-refractivity contribution in [1.82, 2.24) is 4.90 Å². The average Bonchev–Trinajstić information content (AvgIpc) is 3.51. The Morgan fingerprint density at radius 3 is 2.43 bits per heavy atom. The third kappa shape index (κ3) is 6.31. The van der Waals surface area contributed by atoms with Gasteiger partial charge in [0.1, 0.15) is 11.7 Å². The lowest BCUT2D eigenvalue weighted by Crippen LogP contribution is -2.51. The number of ether oxygens (including phenoxy) is 1. The largest absolute Gasteiger partial charge is 0.444 e. The van der Waals surface area contributed by atoms with Crippen molar-refractivity contribution in [3.63, 3.8) is 0 Å². The molecule has 1 heterocycles. The maximum absolute atomic E-state index is 15.3. The molecule has 1 aliphatic carbocycles. The number of primary amides is 1. The van der Waals surface area contributed by atoms with Crippen LogP contribution in [-0.4, -0.2) is 55.0 Å². The predicted octanol–water partition coefficient (Wildman–Crippen LogP) is 4.30. The number of rotatable bonds is 8. The number of benzene rings is 2. The minimum Gasteiger partial charge on any atom is -0.444 e. The number of Topliss-reactive ketones (excluding diaryl/α,β-unsaturated/α-hetero) is 1. The molecule has 2 aromatic rings. The number of amides is 2. The zero-order valence-electron chi connectivity index (χ0n) is 23.8. The molecule has 0 unspecified atom stereocenters. The van der Waals surface area contributed by atoms with Crippen molar-refractivity contribution in [2.75, 3.05) is 6.26 Å². The molecule has 4 rings (SSSR count). The predicted molar refractivity (Wildman–Crippen MR) is 149 cm³/mol. The number of ketones is 1. The number of nitrogens with zero attached hydrogens (tertiary/aromatic N) is 2. The van der Waals surface area contributed by atoms with Gasteiger partial charge in [-0.1, -0.05) is 18.2 Å². The quantitative estimate of drug-likeness (QED) is 0.474. The number of carbonyl (C=O) groups excluding carboxylic acids is 3. The van der Waals surface area contributed by atoms with Crippen LogP contribution in [0.1, 0.15) is 57.6 Å². The number of hydrogen-bond acceptors (Lipinski definition) is 7. The van der Waals surface area contributed by atoms with Gasteiger partial charge in [-0.2, -0.15) is 5.26 Å². The second-order valence-corrected chi connectivity index (χ2v) is 14.0. The van der Waals surface area contributed by atoms with Crippen molar-refractivity contribution in [3.05, 3.63) is 53.1 Å². The number of nitriles is 1. The number of hydrogen-bond donors (Lipinski definition) is 1. The van der Waals surface area contributed by atoms with E-state index in [0.717, 1.165) is 25.2 Å². The Bertz CT molecular complexity index is 1600. The van der Waals surface area contributed by atoms with E-state index in [1.807, 2.05) is 0 Å². The van der Waals surface area contributed by atoms with Crippen LogP contribution in [0, 0.1) is 34.8 Å². The summed E-state index contributed by atoms with van der Waals surface area (Å²) in [4.78, 5) is 39.9. The van der Waals surface area contributed by atoms with Gasteiger partial charge in [-0.15, -0.1) is 0 Å². The van der Waals surface area contributed by atoms with E-state index in [9.17, 15) is 28.1 Å². The van der Waals surface area contributed by atoms with Crippen molar-refractivity contribution in [2.24, 2.45) is 17.6 Å². The van der Waals surface area contributed by atoms with Gasteiger partial charge < -0.3 is 10.5 Å². The number of sulfone groups is 1. The van der Waals surface area contributed by atoms with Gasteiger partial charge in [-0.05, 0) is 75.6 Å². The molecule has 0 aromatic heterocycles. The van der Waals surface area contributed by atoms with E-state index in [0.29, 0.717) is 6.42 Å². The highest BCUT2D eigenvalue weighted by Crippen LogP contribution is 2.44. The second kappa shape index (κ2) is 11.4. The van der Waals surface area contributed by atoms with Gasteiger partial charge in [0.25, 0.3) is 0 Å². The van der Waals surface area contributed by atoms with Crippen molar-refractivity contribution in [3.8, 4) is 17.2 Å². The lowest BCUT2D eigenvalue weighted by atomic mass is 9.86. The first-order valence-corrected chi connectivity index (χ1v) is 15.5. The Morgan fingerprint density at radius 1 is 1.14 bits per heavy atom. The summed E-state index contributed by atoms with van der Waals surface area (Å²) in [6.45, 7) is 5.18. The molecule has 2 aliphatic rings. The molecule has 2 N–H and O–H groups in total. The Morgan fingerprint density at radius 2 is 1.83 bits per heavy atom. The molecule has 4 atom stereocenters. The summed E-state index contributed by atoms with van der Waals surface area (Å²) in [6, 6.07) is 6.93. The van der Waals surface area contributed by atoms with E-state index in [-0.39, 0.29) is 57.7 Å². The topological polar surface area (TPSA) is 148 Å². The van der Waals surface area contributed by atoms with Crippen molar-refractivity contribution >= 4 is 27.6 Å². The van der Waals surface area contributed by atoms with Gasteiger partial charge in [-0.3, -0.25) is 14.5 Å². The fourth-order valence-corrected chi connectivity index (χ4v) is 6.80. The Kier molecular flexibility index (Phi) is 8.47. The van der Waals surface area contributed by atoms with Crippen LogP contribution in [0.5, 0.6) is 0 Å². The Labute approximate surface area is 243 Å². The van der Waals surface area contributed by atoms with Gasteiger partial charge in [0, 0.05) is 30.2 Å². The smallest absolute Gasteiger partial charge is 0.411 e. The third-order valence-electron chi connectivity index (χ3n) is 7.81. The average molecular weight is 602 g/mol. The third-order valence-corrected chi connectivity index (χ3v) is 8.95. The van der Waals surface area contributed by atoms with E-state index in [2.05, 4.69) is 0 Å². The first-order valence-electron chi connectivity index (χ1n) is 13.6. The number of likely N-dealkylation sites (tertiary alicyclic amines) is 1. The summed E-state index contributed by atoms with van der Waals surface area (Å²) >= 11 is 0. The van der Waals surface area contributed by atoms with Gasteiger partial charge in [0.2, 0.25) is 5.91 Å². The lowest BCUT2D eigenvalue weighted by molar-refractivity contribution is -0.131. The first-order chi connectivity index (χ1) is 19.5. The van der Waals surface area contributed by atoms with Crippen LogP contribution in [0.2, 0.25) is 0 Å². The highest BCUT2D eigenvalue weighted by atomic mass is 32.2. The van der Waals surface area contributed by atoms with E-state index >= 15 is 8.78 Å². The summed E-state index contributed by atoms with van der Waals surface area (Å²) in [7, 11) is -3.83. The molecule has 2 bridgehead atoms. The van der Waals surface area contributed by atoms with Crippen molar-refractivity contribution in [1.29, 1.82) is 5.26 Å². The molecular weight excluding hydrogens is 568 g/mol. The molecule has 224 valence electrons.